The molecule has 0 fully saturated rings. The van der Waals surface area contributed by atoms with Crippen molar-refractivity contribution in [2.24, 2.45) is 15.3 Å². The fourth-order valence-electron chi connectivity index (χ4n) is 1.26. The predicted molar refractivity (Wildman–Crippen MR) is 84.3 cm³/mol. The van der Waals surface area contributed by atoms with Crippen LogP contribution in [0.25, 0.3) is 0 Å². The molecule has 0 saturated heterocycles. The second-order valence-electron chi connectivity index (χ2n) is 3.68. The van der Waals surface area contributed by atoms with Gasteiger partial charge in [0, 0.05) is 10.0 Å². The Bertz CT molecular complexity index is 621. The van der Waals surface area contributed by atoms with Crippen LogP contribution < -0.4 is 5.43 Å². The molecule has 2 rings (SSSR count). The molecule has 0 atom stereocenters. The summed E-state index contributed by atoms with van der Waals surface area (Å²) in [6.07, 6.45) is 0. The van der Waals surface area contributed by atoms with Crippen molar-refractivity contribution in [3.8, 4) is 0 Å². The normalized spacial score (nSPS) is 11.8. The summed E-state index contributed by atoms with van der Waals surface area (Å²) in [5.74, 6) is 0. The zero-order valence-corrected chi connectivity index (χ0v) is 12.4. The van der Waals surface area contributed by atoms with Gasteiger partial charge < -0.3 is 0 Å². The molecule has 4 nitrogen and oxygen atoms in total. The fourth-order valence-corrected chi connectivity index (χ4v) is 1.60. The average molecular weight is 328 g/mol. The first-order valence-electron chi connectivity index (χ1n) is 5.55. The van der Waals surface area contributed by atoms with Gasteiger partial charge in [0.2, 0.25) is 0 Å². The summed E-state index contributed by atoms with van der Waals surface area (Å²) < 4.78 is 0. The van der Waals surface area contributed by atoms with E-state index in [-0.39, 0.29) is 5.29 Å². The molecule has 0 unspecified atom stereocenters. The highest BCUT2D eigenvalue weighted by Gasteiger charge is 1.94. The predicted octanol–water partition coefficient (Wildman–Crippen LogP) is 5.70. The number of hydrazone groups is 1. The first kappa shape index (κ1) is 14.8. The third-order valence-corrected chi connectivity index (χ3v) is 2.86. The number of nitrogens with one attached hydrogen (secondary N) is 1. The molecule has 1 N–H and O–H groups in total. The Labute approximate surface area is 131 Å². The molecular formula is C13H9Cl3N4. The van der Waals surface area contributed by atoms with Gasteiger partial charge in [0.05, 0.1) is 11.4 Å². The van der Waals surface area contributed by atoms with Crippen LogP contribution in [0.5, 0.6) is 0 Å². The standard InChI is InChI=1S/C13H9Cl3N4/c14-9-1-5-11(6-2-9)17-19-13(16)20-18-12-7-3-10(15)4-8-12/h1-8,17H/b19-13-,20-18?. The Morgan fingerprint density at radius 1 is 0.850 bits per heavy atom. The Morgan fingerprint density at radius 3 is 2.00 bits per heavy atom. The van der Waals surface area contributed by atoms with Gasteiger partial charge in [-0.1, -0.05) is 23.2 Å². The summed E-state index contributed by atoms with van der Waals surface area (Å²) >= 11 is 17.4. The molecule has 0 aliphatic heterocycles. The van der Waals surface area contributed by atoms with E-state index in [1.54, 1.807) is 48.5 Å². The van der Waals surface area contributed by atoms with Crippen LogP contribution >= 0.6 is 34.8 Å². The van der Waals surface area contributed by atoms with Crippen LogP contribution in [0.3, 0.4) is 0 Å². The topological polar surface area (TPSA) is 49.1 Å². The molecule has 0 aliphatic carbocycles. The molecule has 2 aromatic rings. The highest BCUT2D eigenvalue weighted by molar-refractivity contribution is 6.65. The third kappa shape index (κ3) is 4.81. The summed E-state index contributed by atoms with van der Waals surface area (Å²) in [6, 6.07) is 13.9. The number of hydrogen-bond acceptors (Lipinski definition) is 3. The van der Waals surface area contributed by atoms with Crippen molar-refractivity contribution >= 4 is 51.5 Å². The van der Waals surface area contributed by atoms with Crippen molar-refractivity contribution in [2.75, 3.05) is 5.43 Å². The smallest absolute Gasteiger partial charge is 0.260 e. The number of azo groups is 1. The van der Waals surface area contributed by atoms with E-state index >= 15 is 0 Å². The molecule has 0 aliphatic rings. The Hall–Kier alpha value is -1.62. The van der Waals surface area contributed by atoms with Crippen LogP contribution in [0.15, 0.2) is 63.9 Å². The van der Waals surface area contributed by atoms with E-state index in [1.165, 1.54) is 0 Å². The molecule has 0 bridgehead atoms. The lowest BCUT2D eigenvalue weighted by atomic mass is 10.3. The SMILES string of the molecule is Cl/C(N=Nc1ccc(Cl)cc1)=N/Nc1ccc(Cl)cc1. The van der Waals surface area contributed by atoms with E-state index in [0.29, 0.717) is 15.7 Å². The molecule has 0 radical (unpaired) electrons. The van der Waals surface area contributed by atoms with Gasteiger partial charge in [-0.15, -0.1) is 15.3 Å². The maximum atomic E-state index is 5.82. The number of hydrogen-bond donors (Lipinski definition) is 1. The van der Waals surface area contributed by atoms with Crippen LogP contribution in [0.2, 0.25) is 10.0 Å². The van der Waals surface area contributed by atoms with Crippen LogP contribution in [0.1, 0.15) is 0 Å². The zero-order valence-electron chi connectivity index (χ0n) is 10.1. The minimum absolute atomic E-state index is 0.0186. The molecule has 0 heterocycles. The number of rotatable bonds is 3. The van der Waals surface area contributed by atoms with Crippen LogP contribution in [0.4, 0.5) is 11.4 Å². The molecule has 20 heavy (non-hydrogen) atoms. The van der Waals surface area contributed by atoms with Crippen LogP contribution in [-0.4, -0.2) is 5.29 Å². The fraction of sp³-hybridized carbons (Fsp3) is 0. The number of benzene rings is 2. The van der Waals surface area contributed by atoms with E-state index in [9.17, 15) is 0 Å². The minimum atomic E-state index is -0.0186. The van der Waals surface area contributed by atoms with Crippen molar-refractivity contribution in [1.29, 1.82) is 0 Å². The van der Waals surface area contributed by atoms with Crippen molar-refractivity contribution in [2.45, 2.75) is 0 Å². The summed E-state index contributed by atoms with van der Waals surface area (Å²) in [7, 11) is 0. The molecule has 0 spiro atoms. The van der Waals surface area contributed by atoms with E-state index in [0.717, 1.165) is 5.69 Å². The van der Waals surface area contributed by atoms with Crippen molar-refractivity contribution in [1.82, 2.24) is 0 Å². The summed E-state index contributed by atoms with van der Waals surface area (Å²) in [4.78, 5) is 0. The Balaban J connectivity index is 1.96. The van der Waals surface area contributed by atoms with E-state index in [1.807, 2.05) is 0 Å². The summed E-state index contributed by atoms with van der Waals surface area (Å²) in [6.45, 7) is 0. The van der Waals surface area contributed by atoms with Gasteiger partial charge >= 0.3 is 0 Å². The van der Waals surface area contributed by atoms with Gasteiger partial charge in [0.1, 0.15) is 0 Å². The molecule has 102 valence electrons. The largest absolute Gasteiger partial charge is 0.275 e. The average Bonchev–Trinajstić information content (AvgIpc) is 2.46. The van der Waals surface area contributed by atoms with E-state index in [4.69, 9.17) is 34.8 Å². The second-order valence-corrected chi connectivity index (χ2v) is 4.89. The van der Waals surface area contributed by atoms with Gasteiger partial charge in [-0.2, -0.15) is 0 Å². The molecule has 0 saturated carbocycles. The Morgan fingerprint density at radius 2 is 1.40 bits per heavy atom. The summed E-state index contributed by atoms with van der Waals surface area (Å²) in [5.41, 5.74) is 4.12. The lowest BCUT2D eigenvalue weighted by molar-refractivity contribution is 1.25. The third-order valence-electron chi connectivity index (χ3n) is 2.20. The summed E-state index contributed by atoms with van der Waals surface area (Å²) in [5, 5.41) is 12.8. The van der Waals surface area contributed by atoms with Gasteiger partial charge in [0.25, 0.3) is 5.29 Å². The molecule has 0 amide bonds. The highest BCUT2D eigenvalue weighted by atomic mass is 35.5. The van der Waals surface area contributed by atoms with Crippen molar-refractivity contribution in [3.63, 3.8) is 0 Å². The number of halogens is 3. The maximum absolute atomic E-state index is 5.82. The first-order valence-corrected chi connectivity index (χ1v) is 6.69. The number of amidine groups is 1. The van der Waals surface area contributed by atoms with E-state index < -0.39 is 0 Å². The monoisotopic (exact) mass is 326 g/mol. The van der Waals surface area contributed by atoms with E-state index in [2.05, 4.69) is 20.8 Å². The molecule has 2 aromatic carbocycles. The molecule has 7 heteroatoms. The van der Waals surface area contributed by atoms with Crippen LogP contribution in [0, 0.1) is 0 Å². The first-order chi connectivity index (χ1) is 9.63. The number of anilines is 1. The van der Waals surface area contributed by atoms with Gasteiger partial charge in [-0.3, -0.25) is 5.43 Å². The Kier molecular flexibility index (Phi) is 5.35. The second kappa shape index (κ2) is 7.24. The van der Waals surface area contributed by atoms with Crippen LogP contribution in [-0.2, 0) is 0 Å². The zero-order chi connectivity index (χ0) is 14.4. The number of nitrogens with zero attached hydrogens (tertiary/aromatic N) is 3. The van der Waals surface area contributed by atoms with Crippen molar-refractivity contribution in [3.05, 3.63) is 58.6 Å². The van der Waals surface area contributed by atoms with Gasteiger partial charge in [-0.25, -0.2) is 0 Å². The highest BCUT2D eigenvalue weighted by Crippen LogP contribution is 2.17. The quantitative estimate of drug-likeness (QED) is 0.254. The lowest BCUT2D eigenvalue weighted by Gasteiger charge is -1.99. The van der Waals surface area contributed by atoms with Gasteiger partial charge in [-0.05, 0) is 60.1 Å². The maximum Gasteiger partial charge on any atom is 0.260 e. The molecule has 0 aromatic heterocycles. The minimum Gasteiger partial charge on any atom is -0.275 e. The molecular weight excluding hydrogens is 319 g/mol. The van der Waals surface area contributed by atoms with Gasteiger partial charge in [0.15, 0.2) is 0 Å². The lowest BCUT2D eigenvalue weighted by Crippen LogP contribution is -1.91. The van der Waals surface area contributed by atoms with Crippen molar-refractivity contribution < 1.29 is 0 Å².